The first-order chi connectivity index (χ1) is 13.2. The minimum absolute atomic E-state index is 0.0761. The van der Waals surface area contributed by atoms with E-state index in [0.717, 1.165) is 30.0 Å². The van der Waals surface area contributed by atoms with Crippen LogP contribution in [0.4, 0.5) is 0 Å². The summed E-state index contributed by atoms with van der Waals surface area (Å²) in [5.74, 6) is 0.399. The van der Waals surface area contributed by atoms with Crippen molar-refractivity contribution in [3.8, 4) is 6.07 Å². The van der Waals surface area contributed by atoms with E-state index >= 15 is 0 Å². The second-order valence-electron chi connectivity index (χ2n) is 6.76. The van der Waals surface area contributed by atoms with Crippen molar-refractivity contribution in [3.63, 3.8) is 0 Å². The van der Waals surface area contributed by atoms with E-state index in [2.05, 4.69) is 28.5 Å². The third-order valence-electron chi connectivity index (χ3n) is 4.76. The molecule has 7 nitrogen and oxygen atoms in total. The molecule has 27 heavy (non-hydrogen) atoms. The van der Waals surface area contributed by atoms with Gasteiger partial charge in [0.1, 0.15) is 0 Å². The highest BCUT2D eigenvalue weighted by molar-refractivity contribution is 7.99. The molecule has 0 spiro atoms. The first kappa shape index (κ1) is 19.4. The number of thioether (sulfide) groups is 1. The summed E-state index contributed by atoms with van der Waals surface area (Å²) in [7, 11) is 0. The van der Waals surface area contributed by atoms with Crippen LogP contribution in [0.5, 0.6) is 0 Å². The lowest BCUT2D eigenvalue weighted by Crippen LogP contribution is -2.32. The molecule has 0 atom stereocenters. The van der Waals surface area contributed by atoms with Gasteiger partial charge in [-0.3, -0.25) is 4.79 Å². The summed E-state index contributed by atoms with van der Waals surface area (Å²) < 4.78 is 1.88. The Labute approximate surface area is 163 Å². The molecule has 3 rings (SSSR count). The van der Waals surface area contributed by atoms with Crippen LogP contribution in [0, 0.1) is 11.3 Å². The molecule has 1 aromatic heterocycles. The van der Waals surface area contributed by atoms with Crippen molar-refractivity contribution in [2.24, 2.45) is 0 Å². The molecule has 2 aromatic rings. The fraction of sp³-hybridized carbons (Fsp3) is 0.526. The van der Waals surface area contributed by atoms with Crippen LogP contribution in [0.2, 0.25) is 0 Å². The van der Waals surface area contributed by atoms with Gasteiger partial charge in [0.25, 0.3) is 0 Å². The third-order valence-corrected chi connectivity index (χ3v) is 5.68. The summed E-state index contributed by atoms with van der Waals surface area (Å²) in [6, 6.07) is 9.86. The molecule has 142 valence electrons. The van der Waals surface area contributed by atoms with Gasteiger partial charge in [0.05, 0.1) is 23.4 Å². The van der Waals surface area contributed by atoms with Gasteiger partial charge in [0, 0.05) is 13.1 Å². The Hall–Kier alpha value is -2.40. The summed E-state index contributed by atoms with van der Waals surface area (Å²) in [4.78, 5) is 14.6. The SMILES string of the molecule is CCCN(Cc1ccc(C#N)cc1)C(=O)CSc1nnnn1C1CCCC1. The molecule has 1 fully saturated rings. The molecule has 1 saturated carbocycles. The Morgan fingerprint density at radius 3 is 2.74 bits per heavy atom. The number of carbonyl (C=O) groups excluding carboxylic acids is 1. The normalized spacial score (nSPS) is 14.2. The number of carbonyl (C=O) groups is 1. The number of hydrogen-bond donors (Lipinski definition) is 0. The molecule has 1 aliphatic rings. The predicted octanol–water partition coefficient (Wildman–Crippen LogP) is 3.19. The Morgan fingerprint density at radius 1 is 1.33 bits per heavy atom. The van der Waals surface area contributed by atoms with Crippen molar-refractivity contribution >= 4 is 17.7 Å². The highest BCUT2D eigenvalue weighted by atomic mass is 32.2. The van der Waals surface area contributed by atoms with Gasteiger partial charge in [-0.05, 0) is 47.4 Å². The highest BCUT2D eigenvalue weighted by Crippen LogP contribution is 2.31. The van der Waals surface area contributed by atoms with E-state index < -0.39 is 0 Å². The van der Waals surface area contributed by atoms with E-state index in [4.69, 9.17) is 5.26 Å². The average molecular weight is 385 g/mol. The maximum absolute atomic E-state index is 12.8. The predicted molar refractivity (Wildman–Crippen MR) is 103 cm³/mol. The van der Waals surface area contributed by atoms with Crippen LogP contribution in [-0.4, -0.2) is 43.3 Å². The molecule has 8 heteroatoms. The third kappa shape index (κ3) is 5.07. The molecule has 0 unspecified atom stereocenters. The monoisotopic (exact) mass is 384 g/mol. The molecule has 0 N–H and O–H groups in total. The molecule has 1 amide bonds. The lowest BCUT2D eigenvalue weighted by molar-refractivity contribution is -0.129. The van der Waals surface area contributed by atoms with Gasteiger partial charge in [0.15, 0.2) is 0 Å². The Morgan fingerprint density at radius 2 is 2.07 bits per heavy atom. The van der Waals surface area contributed by atoms with Gasteiger partial charge < -0.3 is 4.90 Å². The van der Waals surface area contributed by atoms with E-state index in [1.54, 1.807) is 12.1 Å². The van der Waals surface area contributed by atoms with Crippen molar-refractivity contribution in [1.82, 2.24) is 25.1 Å². The van der Waals surface area contributed by atoms with E-state index in [9.17, 15) is 4.79 Å². The standard InChI is InChI=1S/C19H24N6OS/c1-2-11-24(13-16-9-7-15(12-20)8-10-16)18(26)14-27-19-21-22-23-25(19)17-5-3-4-6-17/h7-10,17H,2-6,11,13-14H2,1H3. The summed E-state index contributed by atoms with van der Waals surface area (Å²) >= 11 is 1.41. The second kappa shape index (κ2) is 9.51. The summed E-state index contributed by atoms with van der Waals surface area (Å²) in [6.45, 7) is 3.31. The van der Waals surface area contributed by atoms with Crippen LogP contribution >= 0.6 is 11.8 Å². The van der Waals surface area contributed by atoms with E-state index in [0.29, 0.717) is 30.4 Å². The first-order valence-electron chi connectivity index (χ1n) is 9.38. The fourth-order valence-electron chi connectivity index (χ4n) is 3.34. The molecular weight excluding hydrogens is 360 g/mol. The van der Waals surface area contributed by atoms with E-state index in [1.807, 2.05) is 21.7 Å². The number of nitrogens with zero attached hydrogens (tertiary/aromatic N) is 6. The van der Waals surface area contributed by atoms with Crippen LogP contribution in [0.1, 0.15) is 56.2 Å². The number of aromatic nitrogens is 4. The molecule has 1 aliphatic carbocycles. The number of benzene rings is 1. The topological polar surface area (TPSA) is 87.7 Å². The van der Waals surface area contributed by atoms with Crippen molar-refractivity contribution in [2.45, 2.75) is 56.8 Å². The number of tetrazole rings is 1. The summed E-state index contributed by atoms with van der Waals surface area (Å²) in [6.07, 6.45) is 5.53. The molecule has 0 saturated heterocycles. The molecule has 1 heterocycles. The number of hydrogen-bond acceptors (Lipinski definition) is 6. The van der Waals surface area contributed by atoms with Crippen molar-refractivity contribution in [3.05, 3.63) is 35.4 Å². The number of amides is 1. The van der Waals surface area contributed by atoms with E-state index in [-0.39, 0.29) is 5.91 Å². The fourth-order valence-corrected chi connectivity index (χ4v) is 4.19. The van der Waals surface area contributed by atoms with Crippen molar-refractivity contribution < 1.29 is 4.79 Å². The first-order valence-corrected chi connectivity index (χ1v) is 10.4. The quantitative estimate of drug-likeness (QED) is 0.650. The number of rotatable bonds is 8. The van der Waals surface area contributed by atoms with Crippen LogP contribution in [-0.2, 0) is 11.3 Å². The van der Waals surface area contributed by atoms with Crippen molar-refractivity contribution in [2.75, 3.05) is 12.3 Å². The lowest BCUT2D eigenvalue weighted by atomic mass is 10.1. The van der Waals surface area contributed by atoms with E-state index in [1.165, 1.54) is 24.6 Å². The summed E-state index contributed by atoms with van der Waals surface area (Å²) in [5, 5.41) is 21.7. The molecular formula is C19H24N6OS. The van der Waals surface area contributed by atoms with Gasteiger partial charge in [0.2, 0.25) is 11.1 Å². The maximum atomic E-state index is 12.8. The minimum atomic E-state index is 0.0761. The van der Waals surface area contributed by atoms with Gasteiger partial charge in [-0.15, -0.1) is 5.10 Å². The van der Waals surface area contributed by atoms with Crippen molar-refractivity contribution in [1.29, 1.82) is 5.26 Å². The van der Waals surface area contributed by atoms with Gasteiger partial charge >= 0.3 is 0 Å². The smallest absolute Gasteiger partial charge is 0.233 e. The maximum Gasteiger partial charge on any atom is 0.233 e. The molecule has 0 aliphatic heterocycles. The van der Waals surface area contributed by atoms with Gasteiger partial charge in [-0.25, -0.2) is 4.68 Å². The van der Waals surface area contributed by atoms with Gasteiger partial charge in [-0.2, -0.15) is 5.26 Å². The zero-order valence-electron chi connectivity index (χ0n) is 15.5. The van der Waals surface area contributed by atoms with Gasteiger partial charge in [-0.1, -0.05) is 43.7 Å². The second-order valence-corrected chi connectivity index (χ2v) is 7.70. The Bertz CT molecular complexity index is 791. The van der Waals surface area contributed by atoms with Crippen LogP contribution < -0.4 is 0 Å². The lowest BCUT2D eigenvalue weighted by Gasteiger charge is -2.22. The highest BCUT2D eigenvalue weighted by Gasteiger charge is 2.23. The Balaban J connectivity index is 1.60. The Kier molecular flexibility index (Phi) is 6.82. The molecule has 1 aromatic carbocycles. The molecule has 0 bridgehead atoms. The van der Waals surface area contributed by atoms with Crippen LogP contribution in [0.3, 0.4) is 0 Å². The largest absolute Gasteiger partial charge is 0.338 e. The van der Waals surface area contributed by atoms with Crippen LogP contribution in [0.15, 0.2) is 29.4 Å². The average Bonchev–Trinajstić information content (AvgIpc) is 3.37. The minimum Gasteiger partial charge on any atom is -0.338 e. The summed E-state index contributed by atoms with van der Waals surface area (Å²) in [5.41, 5.74) is 1.65. The molecule has 0 radical (unpaired) electrons. The zero-order chi connectivity index (χ0) is 19.1. The van der Waals surface area contributed by atoms with Crippen LogP contribution in [0.25, 0.3) is 0 Å². The number of nitriles is 1. The zero-order valence-corrected chi connectivity index (χ0v) is 16.4.